The molecule has 0 spiro atoms. The van der Waals surface area contributed by atoms with Crippen molar-refractivity contribution < 1.29 is 14.1 Å². The largest absolute Gasteiger partial charge is 0.352 e. The van der Waals surface area contributed by atoms with E-state index in [2.05, 4.69) is 10.5 Å². The summed E-state index contributed by atoms with van der Waals surface area (Å²) in [4.78, 5) is 25.3. The maximum atomic E-state index is 12.7. The number of nitrogens with two attached hydrogens (primary N) is 1. The van der Waals surface area contributed by atoms with Gasteiger partial charge < -0.3 is 20.5 Å². The van der Waals surface area contributed by atoms with Gasteiger partial charge in [0, 0.05) is 31.3 Å². The van der Waals surface area contributed by atoms with Crippen LogP contribution in [0.15, 0.2) is 34.9 Å². The summed E-state index contributed by atoms with van der Waals surface area (Å²) in [5.74, 6) is 0.262. The Balaban J connectivity index is 1.66. The molecular formula is C18H22N4O3. The third-order valence-electron chi connectivity index (χ3n) is 4.44. The highest BCUT2D eigenvalue weighted by atomic mass is 16.5. The van der Waals surface area contributed by atoms with Crippen molar-refractivity contribution in [1.82, 2.24) is 15.4 Å². The lowest BCUT2D eigenvalue weighted by atomic mass is 9.98. The van der Waals surface area contributed by atoms with Gasteiger partial charge in [-0.25, -0.2) is 4.79 Å². The van der Waals surface area contributed by atoms with Crippen LogP contribution in [0.4, 0.5) is 4.79 Å². The zero-order chi connectivity index (χ0) is 17.8. The number of carbonyl (C=O) groups is 2. The normalized spacial score (nSPS) is 17.3. The first-order valence-electron chi connectivity index (χ1n) is 8.39. The van der Waals surface area contributed by atoms with E-state index in [-0.39, 0.29) is 17.6 Å². The van der Waals surface area contributed by atoms with E-state index in [1.165, 1.54) is 0 Å². The van der Waals surface area contributed by atoms with Crippen LogP contribution in [-0.4, -0.2) is 41.6 Å². The number of aryl methyl sites for hydroxylation is 1. The summed E-state index contributed by atoms with van der Waals surface area (Å²) < 4.78 is 5.27. The minimum absolute atomic E-state index is 0.172. The fraction of sp³-hybridized carbons (Fsp3) is 0.389. The lowest BCUT2D eigenvalue weighted by Crippen LogP contribution is -2.44. The first kappa shape index (κ1) is 17.0. The van der Waals surface area contributed by atoms with Crippen molar-refractivity contribution in [2.24, 2.45) is 11.7 Å². The molecule has 1 atom stereocenters. The molecule has 0 saturated carbocycles. The van der Waals surface area contributed by atoms with Gasteiger partial charge in [-0.05, 0) is 25.7 Å². The van der Waals surface area contributed by atoms with E-state index in [1.54, 1.807) is 11.0 Å². The Bertz CT molecular complexity index is 754. The van der Waals surface area contributed by atoms with Gasteiger partial charge >= 0.3 is 6.03 Å². The summed E-state index contributed by atoms with van der Waals surface area (Å²) in [5.41, 5.74) is 7.83. The average molecular weight is 342 g/mol. The Kier molecular flexibility index (Phi) is 5.02. The molecule has 1 aromatic carbocycles. The van der Waals surface area contributed by atoms with Crippen molar-refractivity contribution in [3.63, 3.8) is 0 Å². The van der Waals surface area contributed by atoms with Crippen molar-refractivity contribution >= 4 is 11.9 Å². The minimum Gasteiger partial charge on any atom is -0.352 e. The topological polar surface area (TPSA) is 101 Å². The maximum Gasteiger partial charge on any atom is 0.312 e. The molecule has 3 rings (SSSR count). The average Bonchev–Trinajstić information content (AvgIpc) is 3.10. The molecule has 2 heterocycles. The second-order valence-corrected chi connectivity index (χ2v) is 6.45. The van der Waals surface area contributed by atoms with Crippen LogP contribution in [-0.2, 0) is 0 Å². The molecule has 7 heteroatoms. The fourth-order valence-electron chi connectivity index (χ4n) is 3.05. The molecule has 1 aliphatic heterocycles. The molecule has 0 radical (unpaired) electrons. The van der Waals surface area contributed by atoms with Gasteiger partial charge in [-0.15, -0.1) is 0 Å². The Labute approximate surface area is 146 Å². The number of benzene rings is 1. The molecule has 132 valence electrons. The zero-order valence-corrected chi connectivity index (χ0v) is 14.2. The van der Waals surface area contributed by atoms with Gasteiger partial charge in [-0.2, -0.15) is 0 Å². The number of likely N-dealkylation sites (tertiary alicyclic amines) is 1. The van der Waals surface area contributed by atoms with E-state index >= 15 is 0 Å². The monoisotopic (exact) mass is 342 g/mol. The van der Waals surface area contributed by atoms with Crippen LogP contribution in [0.5, 0.6) is 0 Å². The highest BCUT2D eigenvalue weighted by Crippen LogP contribution is 2.22. The number of primary amides is 1. The molecule has 1 unspecified atom stereocenters. The van der Waals surface area contributed by atoms with Crippen molar-refractivity contribution in [2.75, 3.05) is 19.6 Å². The first-order chi connectivity index (χ1) is 12.0. The van der Waals surface area contributed by atoms with Gasteiger partial charge in [-0.3, -0.25) is 4.79 Å². The van der Waals surface area contributed by atoms with Crippen LogP contribution in [0.2, 0.25) is 0 Å². The highest BCUT2D eigenvalue weighted by molar-refractivity contribution is 5.92. The number of hydrogen-bond donors (Lipinski definition) is 2. The Morgan fingerprint density at radius 1 is 1.36 bits per heavy atom. The summed E-state index contributed by atoms with van der Waals surface area (Å²) in [6.07, 6.45) is 1.84. The predicted octanol–water partition coefficient (Wildman–Crippen LogP) is 2.17. The summed E-state index contributed by atoms with van der Waals surface area (Å²) >= 11 is 0. The second kappa shape index (κ2) is 7.38. The zero-order valence-electron chi connectivity index (χ0n) is 14.2. The number of nitrogens with one attached hydrogen (secondary N) is 1. The molecule has 3 amide bonds. The fourth-order valence-corrected chi connectivity index (χ4v) is 3.05. The highest BCUT2D eigenvalue weighted by Gasteiger charge is 2.27. The number of piperidine rings is 1. The Morgan fingerprint density at radius 3 is 2.84 bits per heavy atom. The molecule has 0 bridgehead atoms. The predicted molar refractivity (Wildman–Crippen MR) is 92.9 cm³/mol. The molecule has 25 heavy (non-hydrogen) atoms. The van der Waals surface area contributed by atoms with Gasteiger partial charge in [0.15, 0.2) is 0 Å². The van der Waals surface area contributed by atoms with E-state index in [1.807, 2.05) is 31.2 Å². The lowest BCUT2D eigenvalue weighted by molar-refractivity contribution is 0.0633. The quantitative estimate of drug-likeness (QED) is 0.889. The molecule has 3 N–H and O–H groups in total. The molecule has 0 aliphatic carbocycles. The van der Waals surface area contributed by atoms with Crippen LogP contribution in [0.1, 0.15) is 29.0 Å². The second-order valence-electron chi connectivity index (χ2n) is 6.45. The van der Waals surface area contributed by atoms with Crippen LogP contribution >= 0.6 is 0 Å². The number of carbonyl (C=O) groups excluding carboxylic acids is 2. The summed E-state index contributed by atoms with van der Waals surface area (Å²) in [6.45, 7) is 3.73. The number of urea groups is 1. The van der Waals surface area contributed by atoms with Gasteiger partial charge in [-0.1, -0.05) is 35.0 Å². The molecule has 2 aromatic rings. The maximum absolute atomic E-state index is 12.7. The third kappa shape index (κ3) is 4.17. The van der Waals surface area contributed by atoms with E-state index in [0.717, 1.165) is 24.0 Å². The molecule has 1 saturated heterocycles. The molecule has 7 nitrogen and oxygen atoms in total. The van der Waals surface area contributed by atoms with Gasteiger partial charge in [0.1, 0.15) is 5.69 Å². The van der Waals surface area contributed by atoms with Gasteiger partial charge in [0.25, 0.3) is 5.91 Å². The lowest BCUT2D eigenvalue weighted by Gasteiger charge is -2.32. The van der Waals surface area contributed by atoms with Crippen LogP contribution in [0, 0.1) is 12.8 Å². The SMILES string of the molecule is Cc1ccc(-c2cc(C(=O)N3CCCC(CNC(N)=O)C3)on2)cc1. The molecule has 1 aromatic heterocycles. The van der Waals surface area contributed by atoms with E-state index in [9.17, 15) is 9.59 Å². The van der Waals surface area contributed by atoms with Crippen molar-refractivity contribution in [3.8, 4) is 11.3 Å². The number of rotatable bonds is 4. The van der Waals surface area contributed by atoms with Crippen LogP contribution in [0.3, 0.4) is 0 Å². The number of nitrogens with zero attached hydrogens (tertiary/aromatic N) is 2. The Morgan fingerprint density at radius 2 is 2.12 bits per heavy atom. The van der Waals surface area contributed by atoms with Crippen LogP contribution < -0.4 is 11.1 Å². The first-order valence-corrected chi connectivity index (χ1v) is 8.39. The number of amides is 3. The van der Waals surface area contributed by atoms with Gasteiger partial charge in [0.05, 0.1) is 0 Å². The molecule has 1 aliphatic rings. The summed E-state index contributed by atoms with van der Waals surface area (Å²) in [7, 11) is 0. The molecule has 1 fully saturated rings. The van der Waals surface area contributed by atoms with Crippen molar-refractivity contribution in [1.29, 1.82) is 0 Å². The van der Waals surface area contributed by atoms with Gasteiger partial charge in [0.2, 0.25) is 5.76 Å². The summed E-state index contributed by atoms with van der Waals surface area (Å²) in [5, 5.41) is 6.62. The smallest absolute Gasteiger partial charge is 0.312 e. The van der Waals surface area contributed by atoms with Crippen molar-refractivity contribution in [2.45, 2.75) is 19.8 Å². The third-order valence-corrected chi connectivity index (χ3v) is 4.44. The van der Waals surface area contributed by atoms with E-state index < -0.39 is 6.03 Å². The van der Waals surface area contributed by atoms with E-state index in [4.69, 9.17) is 10.3 Å². The summed E-state index contributed by atoms with van der Waals surface area (Å²) in [6, 6.07) is 9.03. The number of aromatic nitrogens is 1. The van der Waals surface area contributed by atoms with E-state index in [0.29, 0.717) is 25.3 Å². The minimum atomic E-state index is -0.540. The standard InChI is InChI=1S/C18H22N4O3/c1-12-4-6-14(7-5-12)15-9-16(25-21-15)17(23)22-8-2-3-13(11-22)10-20-18(19)24/h4-7,9,13H,2-3,8,10-11H2,1H3,(H3,19,20,24). The van der Waals surface area contributed by atoms with Crippen molar-refractivity contribution in [3.05, 3.63) is 41.7 Å². The van der Waals surface area contributed by atoms with Crippen LogP contribution in [0.25, 0.3) is 11.3 Å². The Hall–Kier alpha value is -2.83. The molecular weight excluding hydrogens is 320 g/mol. The number of hydrogen-bond acceptors (Lipinski definition) is 4.